The zero-order chi connectivity index (χ0) is 17.4. The second-order valence-corrected chi connectivity index (χ2v) is 4.95. The Morgan fingerprint density at radius 3 is 2.33 bits per heavy atom. The van der Waals surface area contributed by atoms with E-state index in [-0.39, 0.29) is 18.3 Å². The summed E-state index contributed by atoms with van der Waals surface area (Å²) in [5.41, 5.74) is 7.33. The molecule has 0 aliphatic rings. The van der Waals surface area contributed by atoms with Crippen molar-refractivity contribution in [1.82, 2.24) is 5.32 Å². The van der Waals surface area contributed by atoms with Crippen molar-refractivity contribution >= 4 is 23.5 Å². The molecule has 0 unspecified atom stereocenters. The molecule has 2 aromatic carbocycles. The number of anilines is 1. The van der Waals surface area contributed by atoms with Crippen molar-refractivity contribution < 1.29 is 14.3 Å². The highest BCUT2D eigenvalue weighted by atomic mass is 16.6. The zero-order valence-electron chi connectivity index (χ0n) is 12.9. The number of carbonyl (C=O) groups is 2. The second kappa shape index (κ2) is 8.33. The van der Waals surface area contributed by atoms with Gasteiger partial charge in [0.15, 0.2) is 6.61 Å². The van der Waals surface area contributed by atoms with E-state index in [1.54, 1.807) is 24.3 Å². The van der Waals surface area contributed by atoms with Crippen molar-refractivity contribution in [3.63, 3.8) is 0 Å². The van der Waals surface area contributed by atoms with Gasteiger partial charge < -0.3 is 15.8 Å². The number of amidine groups is 1. The number of carbonyl (C=O) groups excluding carboxylic acids is 2. The first-order chi connectivity index (χ1) is 11.5. The van der Waals surface area contributed by atoms with Crippen LogP contribution in [-0.2, 0) is 16.1 Å². The Morgan fingerprint density at radius 1 is 1.04 bits per heavy atom. The third-order valence-corrected chi connectivity index (χ3v) is 3.11. The largest absolute Gasteiger partial charge is 0.439 e. The third-order valence-electron chi connectivity index (χ3n) is 3.11. The summed E-state index contributed by atoms with van der Waals surface area (Å²) in [6, 6.07) is 15.8. The maximum atomic E-state index is 11.6. The van der Waals surface area contributed by atoms with Crippen LogP contribution in [0.3, 0.4) is 0 Å². The molecule has 124 valence electrons. The lowest BCUT2D eigenvalue weighted by atomic mass is 10.2. The first kappa shape index (κ1) is 17.0. The number of rotatable bonds is 6. The lowest BCUT2D eigenvalue weighted by Gasteiger charge is -2.08. The molecule has 24 heavy (non-hydrogen) atoms. The molecule has 0 aromatic heterocycles. The van der Waals surface area contributed by atoms with Crippen LogP contribution in [0.25, 0.3) is 0 Å². The number of hydrogen-bond donors (Lipinski definition) is 4. The number of ether oxygens (including phenoxy) is 1. The minimum atomic E-state index is -0.736. The van der Waals surface area contributed by atoms with Crippen molar-refractivity contribution in [3.8, 4) is 0 Å². The van der Waals surface area contributed by atoms with Crippen LogP contribution in [0.2, 0.25) is 0 Å². The summed E-state index contributed by atoms with van der Waals surface area (Å²) in [5.74, 6) is -0.444. The minimum Gasteiger partial charge on any atom is -0.439 e. The number of nitrogen functional groups attached to an aromatic ring is 1. The van der Waals surface area contributed by atoms with Gasteiger partial charge in [0.05, 0.1) is 0 Å². The van der Waals surface area contributed by atoms with Gasteiger partial charge >= 0.3 is 6.09 Å². The van der Waals surface area contributed by atoms with E-state index in [4.69, 9.17) is 15.9 Å². The normalized spacial score (nSPS) is 9.83. The summed E-state index contributed by atoms with van der Waals surface area (Å²) >= 11 is 0. The van der Waals surface area contributed by atoms with Gasteiger partial charge in [0.2, 0.25) is 0 Å². The summed E-state index contributed by atoms with van der Waals surface area (Å²) in [5, 5.41) is 12.4. The maximum Gasteiger partial charge on any atom is 0.412 e. The molecule has 0 aliphatic heterocycles. The van der Waals surface area contributed by atoms with Gasteiger partial charge in [-0.25, -0.2) is 4.79 Å². The quantitative estimate of drug-likeness (QED) is 0.478. The van der Waals surface area contributed by atoms with Crippen molar-refractivity contribution in [2.75, 3.05) is 11.9 Å². The molecule has 2 rings (SSSR count). The number of amides is 2. The Bertz CT molecular complexity index is 714. The molecule has 7 heteroatoms. The summed E-state index contributed by atoms with van der Waals surface area (Å²) in [6.45, 7) is 0.00135. The fourth-order valence-corrected chi connectivity index (χ4v) is 1.87. The first-order valence-electron chi connectivity index (χ1n) is 7.23. The van der Waals surface area contributed by atoms with Crippen LogP contribution in [0.1, 0.15) is 11.1 Å². The molecular formula is C17H18N4O3. The number of nitrogens with one attached hydrogen (secondary N) is 3. The predicted molar refractivity (Wildman–Crippen MR) is 90.7 cm³/mol. The van der Waals surface area contributed by atoms with Crippen LogP contribution < -0.4 is 16.4 Å². The van der Waals surface area contributed by atoms with Crippen LogP contribution in [0.4, 0.5) is 10.5 Å². The van der Waals surface area contributed by atoms with Gasteiger partial charge in [-0.05, 0) is 29.8 Å². The van der Waals surface area contributed by atoms with E-state index in [2.05, 4.69) is 10.6 Å². The molecule has 0 saturated carbocycles. The van der Waals surface area contributed by atoms with E-state index >= 15 is 0 Å². The van der Waals surface area contributed by atoms with E-state index in [1.807, 2.05) is 30.3 Å². The van der Waals surface area contributed by atoms with Gasteiger partial charge in [0.1, 0.15) is 5.84 Å². The van der Waals surface area contributed by atoms with Crippen molar-refractivity contribution in [3.05, 3.63) is 65.7 Å². The number of benzene rings is 2. The minimum absolute atomic E-state index is 0.0563. The van der Waals surface area contributed by atoms with Gasteiger partial charge in [0, 0.05) is 17.8 Å². The average Bonchev–Trinajstić information content (AvgIpc) is 2.59. The molecule has 0 radical (unpaired) electrons. The molecule has 0 aliphatic carbocycles. The fraction of sp³-hybridized carbons (Fsp3) is 0.118. The zero-order valence-corrected chi connectivity index (χ0v) is 12.9. The van der Waals surface area contributed by atoms with Crippen LogP contribution in [-0.4, -0.2) is 24.4 Å². The van der Waals surface area contributed by atoms with Crippen molar-refractivity contribution in [2.45, 2.75) is 6.54 Å². The first-order valence-corrected chi connectivity index (χ1v) is 7.23. The standard InChI is InChI=1S/C17H18N4O3/c18-16(19)13-6-8-14(9-7-13)21-17(23)24-11-15(22)20-10-12-4-2-1-3-5-12/h1-9H,10-11H2,(H3,18,19)(H,20,22)(H,21,23). The van der Waals surface area contributed by atoms with Gasteiger partial charge in [0.25, 0.3) is 5.91 Å². The fourth-order valence-electron chi connectivity index (χ4n) is 1.87. The van der Waals surface area contributed by atoms with Gasteiger partial charge in [-0.1, -0.05) is 30.3 Å². The van der Waals surface area contributed by atoms with Crippen LogP contribution in [0, 0.1) is 5.41 Å². The number of hydrogen-bond acceptors (Lipinski definition) is 4. The lowest BCUT2D eigenvalue weighted by molar-refractivity contribution is -0.124. The smallest absolute Gasteiger partial charge is 0.412 e. The van der Waals surface area contributed by atoms with Crippen LogP contribution in [0.5, 0.6) is 0 Å². The van der Waals surface area contributed by atoms with E-state index < -0.39 is 6.09 Å². The monoisotopic (exact) mass is 326 g/mol. The molecule has 2 amide bonds. The lowest BCUT2D eigenvalue weighted by Crippen LogP contribution is -2.29. The Labute approximate surface area is 139 Å². The highest BCUT2D eigenvalue weighted by Crippen LogP contribution is 2.09. The SMILES string of the molecule is N=C(N)c1ccc(NC(=O)OCC(=O)NCc2ccccc2)cc1. The Balaban J connectivity index is 1.72. The molecule has 0 atom stereocenters. The molecule has 0 fully saturated rings. The average molecular weight is 326 g/mol. The van der Waals surface area contributed by atoms with Gasteiger partial charge in [-0.15, -0.1) is 0 Å². The Hall–Kier alpha value is -3.35. The highest BCUT2D eigenvalue weighted by Gasteiger charge is 2.08. The molecule has 0 spiro atoms. The molecular weight excluding hydrogens is 308 g/mol. The molecule has 5 N–H and O–H groups in total. The highest BCUT2D eigenvalue weighted by molar-refractivity contribution is 5.95. The molecule has 0 saturated heterocycles. The van der Waals surface area contributed by atoms with Crippen molar-refractivity contribution in [2.24, 2.45) is 5.73 Å². The second-order valence-electron chi connectivity index (χ2n) is 4.95. The molecule has 2 aromatic rings. The number of nitrogens with two attached hydrogens (primary N) is 1. The van der Waals surface area contributed by atoms with Gasteiger partial charge in [-0.2, -0.15) is 0 Å². The summed E-state index contributed by atoms with van der Waals surface area (Å²) < 4.78 is 4.84. The van der Waals surface area contributed by atoms with Gasteiger partial charge in [-0.3, -0.25) is 15.5 Å². The molecule has 0 heterocycles. The van der Waals surface area contributed by atoms with Crippen LogP contribution >= 0.6 is 0 Å². The van der Waals surface area contributed by atoms with E-state index in [1.165, 1.54) is 0 Å². The predicted octanol–water partition coefficient (Wildman–Crippen LogP) is 1.84. The van der Waals surface area contributed by atoms with E-state index in [0.29, 0.717) is 17.8 Å². The van der Waals surface area contributed by atoms with E-state index in [9.17, 15) is 9.59 Å². The molecule has 0 bridgehead atoms. The van der Waals surface area contributed by atoms with Crippen LogP contribution in [0.15, 0.2) is 54.6 Å². The Morgan fingerprint density at radius 2 is 1.71 bits per heavy atom. The maximum absolute atomic E-state index is 11.6. The van der Waals surface area contributed by atoms with Crippen molar-refractivity contribution in [1.29, 1.82) is 5.41 Å². The summed E-state index contributed by atoms with van der Waals surface area (Å²) in [6.07, 6.45) is -0.736. The Kier molecular flexibility index (Phi) is 5.90. The van der Waals surface area contributed by atoms with E-state index in [0.717, 1.165) is 5.56 Å². The summed E-state index contributed by atoms with van der Waals surface area (Å²) in [7, 11) is 0. The topological polar surface area (TPSA) is 117 Å². The third kappa shape index (κ3) is 5.45. The molecule has 7 nitrogen and oxygen atoms in total. The summed E-state index contributed by atoms with van der Waals surface area (Å²) in [4.78, 5) is 23.3.